The zero-order valence-corrected chi connectivity index (χ0v) is 12.9. The summed E-state index contributed by atoms with van der Waals surface area (Å²) in [6.45, 7) is 1.91. The molecule has 0 aromatic heterocycles. The lowest BCUT2D eigenvalue weighted by molar-refractivity contribution is -0.144. The van der Waals surface area contributed by atoms with Gasteiger partial charge in [-0.2, -0.15) is 0 Å². The van der Waals surface area contributed by atoms with Crippen molar-refractivity contribution in [2.24, 2.45) is 5.73 Å². The number of nitrogens with two attached hydrogens (primary N) is 1. The fourth-order valence-electron chi connectivity index (χ4n) is 2.57. The maximum Gasteiger partial charge on any atom is 0.322 e. The zero-order valence-electron chi connectivity index (χ0n) is 12.9. The van der Waals surface area contributed by atoms with E-state index in [-0.39, 0.29) is 19.6 Å². The van der Waals surface area contributed by atoms with Crippen molar-refractivity contribution in [3.05, 3.63) is 0 Å². The van der Waals surface area contributed by atoms with Crippen LogP contribution >= 0.6 is 0 Å². The van der Waals surface area contributed by atoms with Crippen LogP contribution < -0.4 is 5.73 Å². The topological polar surface area (TPSA) is 148 Å². The number of rotatable bonds is 7. The first-order chi connectivity index (χ1) is 10.8. The van der Waals surface area contributed by atoms with Gasteiger partial charge in [0.05, 0.1) is 13.1 Å². The highest BCUT2D eigenvalue weighted by atomic mass is 16.4. The van der Waals surface area contributed by atoms with Gasteiger partial charge in [0.2, 0.25) is 0 Å². The van der Waals surface area contributed by atoms with Gasteiger partial charge in [-0.3, -0.25) is 29.1 Å². The Morgan fingerprint density at radius 1 is 0.826 bits per heavy atom. The number of hydrogen-bond donors (Lipinski definition) is 4. The van der Waals surface area contributed by atoms with E-state index >= 15 is 0 Å². The molecule has 0 amide bonds. The van der Waals surface area contributed by atoms with E-state index in [1.54, 1.807) is 14.7 Å². The van der Waals surface area contributed by atoms with Crippen LogP contribution in [0.1, 0.15) is 0 Å². The monoisotopic (exact) mass is 332 g/mol. The SMILES string of the molecule is NCC(C(=O)O)N1CCN(CC(=O)O)CCN(CC(=O)O)CC1. The maximum absolute atomic E-state index is 11.3. The summed E-state index contributed by atoms with van der Waals surface area (Å²) in [4.78, 5) is 38.1. The molecule has 10 nitrogen and oxygen atoms in total. The molecule has 0 aliphatic carbocycles. The first kappa shape index (κ1) is 19.3. The van der Waals surface area contributed by atoms with Crippen molar-refractivity contribution in [3.8, 4) is 0 Å². The van der Waals surface area contributed by atoms with E-state index in [0.717, 1.165) is 0 Å². The summed E-state index contributed by atoms with van der Waals surface area (Å²) >= 11 is 0. The number of nitrogens with zero attached hydrogens (tertiary/aromatic N) is 3. The van der Waals surface area contributed by atoms with Gasteiger partial charge in [-0.1, -0.05) is 0 Å². The molecule has 0 radical (unpaired) electrons. The molecule has 1 aliphatic heterocycles. The van der Waals surface area contributed by atoms with Gasteiger partial charge in [-0.05, 0) is 0 Å². The molecule has 0 aromatic carbocycles. The van der Waals surface area contributed by atoms with Crippen LogP contribution in [0.3, 0.4) is 0 Å². The van der Waals surface area contributed by atoms with Gasteiger partial charge in [-0.15, -0.1) is 0 Å². The summed E-state index contributed by atoms with van der Waals surface area (Å²) in [5, 5.41) is 27.1. The molecule has 1 heterocycles. The molecule has 132 valence electrons. The molecular formula is C13H24N4O6. The maximum atomic E-state index is 11.3. The smallest absolute Gasteiger partial charge is 0.322 e. The Hall–Kier alpha value is -1.75. The zero-order chi connectivity index (χ0) is 17.4. The molecule has 5 N–H and O–H groups in total. The number of carboxylic acid groups (broad SMARTS) is 3. The molecule has 1 atom stereocenters. The van der Waals surface area contributed by atoms with Gasteiger partial charge in [0.25, 0.3) is 0 Å². The van der Waals surface area contributed by atoms with E-state index in [2.05, 4.69) is 0 Å². The van der Waals surface area contributed by atoms with Gasteiger partial charge in [-0.25, -0.2) is 0 Å². The van der Waals surface area contributed by atoms with Gasteiger partial charge in [0.1, 0.15) is 6.04 Å². The molecule has 1 unspecified atom stereocenters. The standard InChI is InChI=1S/C13H24N4O6/c14-7-10(13(22)23)17-5-3-15(8-11(18)19)1-2-16(4-6-17)9-12(20)21/h10H,1-9,14H2,(H,18,19)(H,20,21)(H,22,23). The summed E-state index contributed by atoms with van der Waals surface area (Å²) < 4.78 is 0. The predicted molar refractivity (Wildman–Crippen MR) is 80.2 cm³/mol. The van der Waals surface area contributed by atoms with E-state index in [0.29, 0.717) is 39.3 Å². The minimum Gasteiger partial charge on any atom is -0.480 e. The molecule has 1 rings (SSSR count). The predicted octanol–water partition coefficient (Wildman–Crippen LogP) is -2.51. The van der Waals surface area contributed by atoms with E-state index in [1.165, 1.54) is 0 Å². The molecule has 23 heavy (non-hydrogen) atoms. The Labute approximate surface area is 134 Å². The van der Waals surface area contributed by atoms with Gasteiger partial charge in [0, 0.05) is 45.8 Å². The Kier molecular flexibility index (Phi) is 7.89. The van der Waals surface area contributed by atoms with Gasteiger partial charge in [0.15, 0.2) is 0 Å². The van der Waals surface area contributed by atoms with Crippen LogP contribution in [0.25, 0.3) is 0 Å². The van der Waals surface area contributed by atoms with Crippen molar-refractivity contribution < 1.29 is 29.7 Å². The lowest BCUT2D eigenvalue weighted by Gasteiger charge is -2.29. The largest absolute Gasteiger partial charge is 0.480 e. The molecule has 1 fully saturated rings. The summed E-state index contributed by atoms with van der Waals surface area (Å²) in [5.41, 5.74) is 5.53. The van der Waals surface area contributed by atoms with Crippen LogP contribution in [0.15, 0.2) is 0 Å². The highest BCUT2D eigenvalue weighted by molar-refractivity contribution is 5.73. The third-order valence-electron chi connectivity index (χ3n) is 3.81. The van der Waals surface area contributed by atoms with E-state index in [9.17, 15) is 19.5 Å². The summed E-state index contributed by atoms with van der Waals surface area (Å²) in [6.07, 6.45) is 0. The fraction of sp³-hybridized carbons (Fsp3) is 0.769. The highest BCUT2D eigenvalue weighted by Crippen LogP contribution is 2.05. The average molecular weight is 332 g/mol. The second-order valence-corrected chi connectivity index (χ2v) is 5.47. The van der Waals surface area contributed by atoms with Crippen LogP contribution in [0, 0.1) is 0 Å². The van der Waals surface area contributed by atoms with Crippen molar-refractivity contribution in [1.29, 1.82) is 0 Å². The molecule has 0 aromatic rings. The van der Waals surface area contributed by atoms with E-state index < -0.39 is 23.9 Å². The van der Waals surface area contributed by atoms with Crippen LogP contribution in [-0.4, -0.2) is 113 Å². The summed E-state index contributed by atoms with van der Waals surface area (Å²) in [7, 11) is 0. The molecule has 0 spiro atoms. The molecule has 1 saturated heterocycles. The first-order valence-electron chi connectivity index (χ1n) is 7.38. The number of hydrogen-bond acceptors (Lipinski definition) is 7. The van der Waals surface area contributed by atoms with Crippen molar-refractivity contribution in [3.63, 3.8) is 0 Å². The minimum absolute atomic E-state index is 0.0623. The molecule has 1 aliphatic rings. The molecule has 10 heteroatoms. The second-order valence-electron chi connectivity index (χ2n) is 5.47. The van der Waals surface area contributed by atoms with Crippen molar-refractivity contribution in [2.45, 2.75) is 6.04 Å². The van der Waals surface area contributed by atoms with E-state index in [1.807, 2.05) is 0 Å². The molecule has 0 bridgehead atoms. The Morgan fingerprint density at radius 3 is 1.52 bits per heavy atom. The average Bonchev–Trinajstić information content (AvgIpc) is 2.52. The lowest BCUT2D eigenvalue weighted by atomic mass is 10.2. The normalized spacial score (nSPS) is 20.2. The van der Waals surface area contributed by atoms with Crippen molar-refractivity contribution in [1.82, 2.24) is 14.7 Å². The molecular weight excluding hydrogens is 308 g/mol. The quantitative estimate of drug-likeness (QED) is 0.394. The Balaban J connectivity index is 2.84. The Morgan fingerprint density at radius 2 is 1.22 bits per heavy atom. The molecule has 0 saturated carbocycles. The van der Waals surface area contributed by atoms with Crippen LogP contribution in [-0.2, 0) is 14.4 Å². The van der Waals surface area contributed by atoms with E-state index in [4.69, 9.17) is 15.9 Å². The number of carboxylic acids is 3. The van der Waals surface area contributed by atoms with Crippen LogP contribution in [0.2, 0.25) is 0 Å². The number of aliphatic carboxylic acids is 3. The van der Waals surface area contributed by atoms with Crippen LogP contribution in [0.5, 0.6) is 0 Å². The lowest BCUT2D eigenvalue weighted by Crippen LogP contribution is -2.50. The Bertz CT molecular complexity index is 405. The minimum atomic E-state index is -1.04. The third-order valence-corrected chi connectivity index (χ3v) is 3.81. The van der Waals surface area contributed by atoms with Crippen LogP contribution in [0.4, 0.5) is 0 Å². The highest BCUT2D eigenvalue weighted by Gasteiger charge is 2.27. The van der Waals surface area contributed by atoms with Crippen molar-refractivity contribution >= 4 is 17.9 Å². The second kappa shape index (κ2) is 9.40. The number of carbonyl (C=O) groups is 3. The van der Waals surface area contributed by atoms with Gasteiger partial charge < -0.3 is 21.1 Å². The third kappa shape index (κ3) is 6.91. The fourth-order valence-corrected chi connectivity index (χ4v) is 2.57. The first-order valence-corrected chi connectivity index (χ1v) is 7.38. The van der Waals surface area contributed by atoms with Crippen molar-refractivity contribution in [2.75, 3.05) is 58.9 Å². The summed E-state index contributed by atoms with van der Waals surface area (Å²) in [6, 6.07) is -0.869. The summed E-state index contributed by atoms with van der Waals surface area (Å²) in [5.74, 6) is -3.00. The van der Waals surface area contributed by atoms with Gasteiger partial charge >= 0.3 is 17.9 Å².